The van der Waals surface area contributed by atoms with Crippen LogP contribution in [0, 0.1) is 0 Å². The van der Waals surface area contributed by atoms with Gasteiger partial charge in [-0.05, 0) is 54.8 Å². The summed E-state index contributed by atoms with van der Waals surface area (Å²) < 4.78 is 5.48. The van der Waals surface area contributed by atoms with Crippen LogP contribution in [0.5, 0.6) is 0 Å². The number of anilines is 1. The third-order valence-corrected chi connectivity index (χ3v) is 6.23. The molecule has 4 rings (SSSR count). The van der Waals surface area contributed by atoms with Crippen LogP contribution in [0.3, 0.4) is 0 Å². The van der Waals surface area contributed by atoms with Crippen molar-refractivity contribution in [2.45, 2.75) is 38.8 Å². The summed E-state index contributed by atoms with van der Waals surface area (Å²) in [6, 6.07) is 22.5. The summed E-state index contributed by atoms with van der Waals surface area (Å²) in [7, 11) is 0. The molecule has 1 N–H and O–H groups in total. The number of nitrogens with one attached hydrogen (secondary N) is 1. The number of benzene rings is 3. The van der Waals surface area contributed by atoms with Gasteiger partial charge < -0.3 is 15.0 Å². The van der Waals surface area contributed by atoms with Gasteiger partial charge in [-0.2, -0.15) is 0 Å². The van der Waals surface area contributed by atoms with Crippen LogP contribution < -0.4 is 10.2 Å². The molecular formula is C29H28N2O5. The second-order valence-electron chi connectivity index (χ2n) is 8.77. The molecule has 3 aromatic rings. The molecule has 0 saturated carbocycles. The third-order valence-electron chi connectivity index (χ3n) is 6.23. The van der Waals surface area contributed by atoms with E-state index in [1.165, 1.54) is 13.8 Å². The molecule has 0 fully saturated rings. The van der Waals surface area contributed by atoms with E-state index in [1.807, 2.05) is 36.4 Å². The molecule has 7 nitrogen and oxygen atoms in total. The zero-order chi connectivity index (χ0) is 25.7. The van der Waals surface area contributed by atoms with E-state index in [-0.39, 0.29) is 24.0 Å². The molecule has 3 aromatic carbocycles. The number of carbonyl (C=O) groups is 4. The monoisotopic (exact) mass is 484 g/mol. The number of Topliss-reactive ketones (excluding diaryl/α,β-unsaturated/α-hetero) is 1. The fourth-order valence-corrected chi connectivity index (χ4v) is 4.35. The Bertz CT molecular complexity index is 1270. The maximum Gasteiger partial charge on any atom is 0.308 e. The molecule has 2 amide bonds. The van der Waals surface area contributed by atoms with Crippen LogP contribution >= 0.6 is 0 Å². The highest BCUT2D eigenvalue weighted by Crippen LogP contribution is 2.29. The van der Waals surface area contributed by atoms with Gasteiger partial charge in [-0.15, -0.1) is 0 Å². The quantitative estimate of drug-likeness (QED) is 0.381. The van der Waals surface area contributed by atoms with Crippen LogP contribution in [-0.2, 0) is 20.7 Å². The smallest absolute Gasteiger partial charge is 0.308 e. The van der Waals surface area contributed by atoms with Crippen molar-refractivity contribution >= 4 is 29.3 Å². The molecule has 1 aliphatic heterocycles. The summed E-state index contributed by atoms with van der Waals surface area (Å²) in [4.78, 5) is 52.0. The van der Waals surface area contributed by atoms with Crippen molar-refractivity contribution < 1.29 is 23.9 Å². The average Bonchev–Trinajstić information content (AvgIpc) is 3.32. The number of ketones is 1. The normalized spacial score (nSPS) is 13.9. The third kappa shape index (κ3) is 5.68. The summed E-state index contributed by atoms with van der Waals surface area (Å²) in [5, 5.41) is 2.90. The largest absolute Gasteiger partial charge is 0.454 e. The van der Waals surface area contributed by atoms with Crippen LogP contribution in [0.25, 0.3) is 0 Å². The van der Waals surface area contributed by atoms with E-state index in [9.17, 15) is 19.2 Å². The van der Waals surface area contributed by atoms with Crippen molar-refractivity contribution in [3.05, 3.63) is 101 Å². The molecule has 0 spiro atoms. The lowest BCUT2D eigenvalue weighted by molar-refractivity contribution is -0.146. The first-order chi connectivity index (χ1) is 17.3. The number of amides is 2. The number of hydrogen-bond donors (Lipinski definition) is 1. The van der Waals surface area contributed by atoms with Crippen molar-refractivity contribution in [3.63, 3.8) is 0 Å². The molecule has 1 aliphatic rings. The van der Waals surface area contributed by atoms with Gasteiger partial charge >= 0.3 is 5.97 Å². The van der Waals surface area contributed by atoms with E-state index in [4.69, 9.17) is 4.74 Å². The Morgan fingerprint density at radius 3 is 2.25 bits per heavy atom. The Hall–Kier alpha value is -4.26. The second-order valence-corrected chi connectivity index (χ2v) is 8.77. The Morgan fingerprint density at radius 2 is 1.58 bits per heavy atom. The molecule has 0 radical (unpaired) electrons. The summed E-state index contributed by atoms with van der Waals surface area (Å²) in [6.45, 7) is 3.64. The first kappa shape index (κ1) is 24.9. The number of rotatable bonds is 8. The SMILES string of the molecule is CC(=O)N1CCc2cc(C(=O)C(C)OC(=O)CC(NC(=O)c3ccccc3)c3ccccc3)ccc21. The van der Waals surface area contributed by atoms with Gasteiger partial charge in [0.15, 0.2) is 6.10 Å². The lowest BCUT2D eigenvalue weighted by Gasteiger charge is -2.20. The van der Waals surface area contributed by atoms with Crippen molar-refractivity contribution in [3.8, 4) is 0 Å². The van der Waals surface area contributed by atoms with E-state index in [2.05, 4.69) is 5.32 Å². The van der Waals surface area contributed by atoms with Gasteiger partial charge in [0.2, 0.25) is 11.7 Å². The molecule has 7 heteroatoms. The van der Waals surface area contributed by atoms with E-state index in [1.54, 1.807) is 47.4 Å². The molecule has 0 aromatic heterocycles. The molecule has 36 heavy (non-hydrogen) atoms. The minimum atomic E-state index is -0.998. The molecular weight excluding hydrogens is 456 g/mol. The maximum atomic E-state index is 13.0. The number of esters is 1. The molecule has 184 valence electrons. The number of fused-ring (bicyclic) bond motifs is 1. The summed E-state index contributed by atoms with van der Waals surface area (Å²) >= 11 is 0. The molecule has 0 saturated heterocycles. The number of nitrogens with zero attached hydrogens (tertiary/aromatic N) is 1. The highest BCUT2D eigenvalue weighted by Gasteiger charge is 2.27. The summed E-state index contributed by atoms with van der Waals surface area (Å²) in [5.74, 6) is -1.26. The molecule has 2 unspecified atom stereocenters. The van der Waals surface area contributed by atoms with E-state index < -0.39 is 18.1 Å². The number of ether oxygens (including phenoxy) is 1. The first-order valence-electron chi connectivity index (χ1n) is 11.9. The van der Waals surface area contributed by atoms with E-state index >= 15 is 0 Å². The molecule has 0 aliphatic carbocycles. The standard InChI is InChI=1S/C29H28N2O5/c1-19(28(34)24-13-14-26-23(17-24)15-16-31(26)20(2)32)36-27(33)18-25(21-9-5-3-6-10-21)30-29(35)22-11-7-4-8-12-22/h3-14,17,19,25H,15-16,18H2,1-2H3,(H,30,35). The maximum absolute atomic E-state index is 13.0. The number of carbonyl (C=O) groups excluding carboxylic acids is 4. The average molecular weight is 485 g/mol. The number of hydrogen-bond acceptors (Lipinski definition) is 5. The van der Waals surface area contributed by atoms with Gasteiger partial charge in [0.25, 0.3) is 5.91 Å². The van der Waals surface area contributed by atoms with Crippen LogP contribution in [0.1, 0.15) is 58.2 Å². The Kier molecular flexibility index (Phi) is 7.59. The van der Waals surface area contributed by atoms with Crippen LogP contribution in [-0.4, -0.2) is 36.2 Å². The van der Waals surface area contributed by atoms with Gasteiger partial charge in [-0.1, -0.05) is 48.5 Å². The van der Waals surface area contributed by atoms with Crippen LogP contribution in [0.4, 0.5) is 5.69 Å². The van der Waals surface area contributed by atoms with Gasteiger partial charge in [-0.25, -0.2) is 0 Å². The summed E-state index contributed by atoms with van der Waals surface area (Å²) in [6.07, 6.45) is -0.454. The minimum absolute atomic E-state index is 0.0394. The molecule has 1 heterocycles. The van der Waals surface area contributed by atoms with E-state index in [0.717, 1.165) is 16.8 Å². The first-order valence-corrected chi connectivity index (χ1v) is 11.9. The van der Waals surface area contributed by atoms with Gasteiger partial charge in [0.05, 0.1) is 12.5 Å². The fourth-order valence-electron chi connectivity index (χ4n) is 4.35. The molecule has 0 bridgehead atoms. The van der Waals surface area contributed by atoms with Crippen molar-refractivity contribution in [1.82, 2.24) is 5.32 Å². The predicted octanol–water partition coefficient (Wildman–Crippen LogP) is 4.27. The fraction of sp³-hybridized carbons (Fsp3) is 0.241. The minimum Gasteiger partial charge on any atom is -0.454 e. The van der Waals surface area contributed by atoms with Gasteiger partial charge in [-0.3, -0.25) is 19.2 Å². The highest BCUT2D eigenvalue weighted by atomic mass is 16.5. The zero-order valence-corrected chi connectivity index (χ0v) is 20.3. The Balaban J connectivity index is 1.43. The second kappa shape index (κ2) is 11.0. The van der Waals surface area contributed by atoms with Gasteiger partial charge in [0.1, 0.15) is 0 Å². The molecule has 2 atom stereocenters. The zero-order valence-electron chi connectivity index (χ0n) is 20.3. The van der Waals surface area contributed by atoms with Crippen LogP contribution in [0.15, 0.2) is 78.9 Å². The Labute approximate surface area is 210 Å². The highest BCUT2D eigenvalue weighted by molar-refractivity contribution is 6.02. The van der Waals surface area contributed by atoms with Crippen molar-refractivity contribution in [1.29, 1.82) is 0 Å². The topological polar surface area (TPSA) is 92.8 Å². The Morgan fingerprint density at radius 1 is 0.917 bits per heavy atom. The van der Waals surface area contributed by atoms with Crippen molar-refractivity contribution in [2.75, 3.05) is 11.4 Å². The van der Waals surface area contributed by atoms with Crippen LogP contribution in [0.2, 0.25) is 0 Å². The van der Waals surface area contributed by atoms with Gasteiger partial charge in [0, 0.05) is 30.3 Å². The van der Waals surface area contributed by atoms with E-state index in [0.29, 0.717) is 24.1 Å². The lowest BCUT2D eigenvalue weighted by atomic mass is 10.0. The van der Waals surface area contributed by atoms with Crippen molar-refractivity contribution in [2.24, 2.45) is 0 Å². The lowest BCUT2D eigenvalue weighted by Crippen LogP contribution is -2.32. The summed E-state index contributed by atoms with van der Waals surface area (Å²) in [5.41, 5.74) is 3.39. The predicted molar refractivity (Wildman–Crippen MR) is 136 cm³/mol.